The molecule has 4 heteroatoms. The molecule has 0 saturated carbocycles. The monoisotopic (exact) mass is 774 g/mol. The van der Waals surface area contributed by atoms with Gasteiger partial charge in [0.25, 0.3) is 0 Å². The molecule has 0 amide bonds. The number of rotatable bonds is 4. The van der Waals surface area contributed by atoms with Gasteiger partial charge in [0.1, 0.15) is 0 Å². The third kappa shape index (κ3) is 6.82. The SMILES string of the molecule is CC(C)(C)c1cc(Oc2[c-]c(-c3cc(C(C)(C)C)cc4c3[n-]c3ccc(C(C)(C)C)cc34)ccc2)[c-]c(-c2ccccn2)c1.[Au+3]. The zero-order valence-electron chi connectivity index (χ0n) is 27.7. The Labute approximate surface area is 284 Å². The molecule has 0 aliphatic rings. The molecule has 0 saturated heterocycles. The molecule has 3 nitrogen and oxygen atoms in total. The van der Waals surface area contributed by atoms with Crippen molar-refractivity contribution in [2.45, 2.75) is 78.6 Å². The second-order valence-corrected chi connectivity index (χ2v) is 14.9. The average Bonchev–Trinajstić information content (AvgIpc) is 3.34. The van der Waals surface area contributed by atoms with Crippen LogP contribution >= 0.6 is 0 Å². The fourth-order valence-corrected chi connectivity index (χ4v) is 5.51. The molecule has 6 aromatic rings. The summed E-state index contributed by atoms with van der Waals surface area (Å²) in [4.78, 5) is 9.73. The molecule has 6 rings (SSSR count). The molecule has 2 heterocycles. The number of hydrogen-bond acceptors (Lipinski definition) is 2. The number of benzene rings is 4. The third-order valence-electron chi connectivity index (χ3n) is 8.29. The van der Waals surface area contributed by atoms with Gasteiger partial charge < -0.3 is 14.7 Å². The van der Waals surface area contributed by atoms with Crippen LogP contribution in [0.3, 0.4) is 0 Å². The first-order valence-electron chi connectivity index (χ1n) is 15.4. The minimum absolute atomic E-state index is 0. The first-order chi connectivity index (χ1) is 20.7. The Morgan fingerprint density at radius 3 is 1.93 bits per heavy atom. The normalized spacial score (nSPS) is 12.4. The molecule has 0 aliphatic carbocycles. The smallest absolute Gasteiger partial charge is 0.664 e. The van der Waals surface area contributed by atoms with E-state index >= 15 is 0 Å². The van der Waals surface area contributed by atoms with Gasteiger partial charge in [0.2, 0.25) is 0 Å². The molecule has 0 spiro atoms. The van der Waals surface area contributed by atoms with Crippen molar-refractivity contribution in [1.29, 1.82) is 0 Å². The van der Waals surface area contributed by atoms with E-state index in [0.29, 0.717) is 11.5 Å². The van der Waals surface area contributed by atoms with Crippen molar-refractivity contribution in [3.63, 3.8) is 0 Å². The van der Waals surface area contributed by atoms with Crippen LogP contribution in [0.1, 0.15) is 79.0 Å². The van der Waals surface area contributed by atoms with Crippen LogP contribution in [-0.4, -0.2) is 4.98 Å². The van der Waals surface area contributed by atoms with E-state index < -0.39 is 0 Å². The molecule has 0 atom stereocenters. The quantitative estimate of drug-likeness (QED) is 0.132. The van der Waals surface area contributed by atoms with Gasteiger partial charge >= 0.3 is 22.4 Å². The van der Waals surface area contributed by atoms with Crippen LogP contribution in [0.15, 0.2) is 85.1 Å². The Bertz CT molecular complexity index is 1980. The maximum atomic E-state index is 6.50. The van der Waals surface area contributed by atoms with E-state index in [2.05, 4.69) is 128 Å². The summed E-state index contributed by atoms with van der Waals surface area (Å²) >= 11 is 0. The van der Waals surface area contributed by atoms with E-state index in [-0.39, 0.29) is 38.6 Å². The topological polar surface area (TPSA) is 36.2 Å². The fourth-order valence-electron chi connectivity index (χ4n) is 5.51. The minimum atomic E-state index is -0.0698. The molecule has 0 N–H and O–H groups in total. The maximum Gasteiger partial charge on any atom is 3.00 e. The number of hydrogen-bond donors (Lipinski definition) is 0. The van der Waals surface area contributed by atoms with Crippen molar-refractivity contribution in [3.05, 3.63) is 114 Å². The molecule has 0 aliphatic heterocycles. The van der Waals surface area contributed by atoms with Crippen molar-refractivity contribution >= 4 is 21.8 Å². The fraction of sp³-hybridized carbons (Fsp3) is 0.293. The molecule has 45 heavy (non-hydrogen) atoms. The number of nitrogens with zero attached hydrogens (tertiary/aromatic N) is 2. The zero-order valence-corrected chi connectivity index (χ0v) is 29.9. The van der Waals surface area contributed by atoms with Crippen molar-refractivity contribution in [3.8, 4) is 33.9 Å². The summed E-state index contributed by atoms with van der Waals surface area (Å²) in [5, 5.41) is 2.38. The summed E-state index contributed by atoms with van der Waals surface area (Å²) in [7, 11) is 0. The van der Waals surface area contributed by atoms with E-state index in [4.69, 9.17) is 9.72 Å². The Morgan fingerprint density at radius 2 is 1.27 bits per heavy atom. The van der Waals surface area contributed by atoms with Crippen molar-refractivity contribution < 1.29 is 27.1 Å². The zero-order chi connectivity index (χ0) is 31.4. The van der Waals surface area contributed by atoms with E-state index in [0.717, 1.165) is 39.0 Å². The van der Waals surface area contributed by atoms with Gasteiger partial charge in [-0.2, -0.15) is 5.52 Å². The van der Waals surface area contributed by atoms with E-state index in [1.807, 2.05) is 36.5 Å². The Balaban J connectivity index is 0.00000400. The largest absolute Gasteiger partial charge is 3.00 e. The Morgan fingerprint density at radius 1 is 0.600 bits per heavy atom. The molecule has 0 radical (unpaired) electrons. The molecule has 4 aromatic carbocycles. The summed E-state index contributed by atoms with van der Waals surface area (Å²) in [6.45, 7) is 20.2. The molecular weight excluding hydrogens is 733 g/mol. The first-order valence-corrected chi connectivity index (χ1v) is 15.4. The van der Waals surface area contributed by atoms with Crippen LogP contribution in [0.2, 0.25) is 0 Å². The second-order valence-electron chi connectivity index (χ2n) is 14.9. The van der Waals surface area contributed by atoms with Crippen LogP contribution in [0.25, 0.3) is 44.2 Å². The van der Waals surface area contributed by atoms with Crippen LogP contribution < -0.4 is 9.72 Å². The van der Waals surface area contributed by atoms with Crippen molar-refractivity contribution in [2.24, 2.45) is 0 Å². The molecule has 0 fully saturated rings. The van der Waals surface area contributed by atoms with E-state index in [1.165, 1.54) is 21.9 Å². The average molecular weight is 775 g/mol. The summed E-state index contributed by atoms with van der Waals surface area (Å²) in [6.07, 6.45) is 1.81. The minimum Gasteiger partial charge on any atom is -0.664 e. The second kappa shape index (κ2) is 11.9. The number of fused-ring (bicyclic) bond motifs is 3. The molecule has 232 valence electrons. The Hall–Kier alpha value is -3.63. The van der Waals surface area contributed by atoms with Gasteiger partial charge in [-0.3, -0.25) is 0 Å². The van der Waals surface area contributed by atoms with Gasteiger partial charge in [0.05, 0.1) is 0 Å². The van der Waals surface area contributed by atoms with E-state index in [1.54, 1.807) is 0 Å². The number of ether oxygens (including phenoxy) is 1. The van der Waals surface area contributed by atoms with Crippen molar-refractivity contribution in [1.82, 2.24) is 9.97 Å². The van der Waals surface area contributed by atoms with Crippen LogP contribution in [0.5, 0.6) is 11.5 Å². The van der Waals surface area contributed by atoms with Gasteiger partial charge in [-0.25, -0.2) is 0 Å². The van der Waals surface area contributed by atoms with Gasteiger partial charge in [-0.15, -0.1) is 52.0 Å². The number of pyridine rings is 1. The van der Waals surface area contributed by atoms with Crippen LogP contribution in [0, 0.1) is 12.1 Å². The first kappa shape index (κ1) is 32.8. The molecule has 0 unspecified atom stereocenters. The predicted octanol–water partition coefficient (Wildman–Crippen LogP) is 11.0. The summed E-state index contributed by atoms with van der Waals surface area (Å²) in [5.74, 6) is 1.28. The number of aromatic nitrogens is 2. The van der Waals surface area contributed by atoms with E-state index in [9.17, 15) is 0 Å². The summed E-state index contributed by atoms with van der Waals surface area (Å²) in [5.41, 5.74) is 9.48. The molecule has 0 bridgehead atoms. The van der Waals surface area contributed by atoms with Crippen LogP contribution in [-0.2, 0) is 38.6 Å². The maximum absolute atomic E-state index is 6.50. The Kier molecular flexibility index (Phi) is 8.70. The predicted molar refractivity (Wildman–Crippen MR) is 184 cm³/mol. The standard InChI is InChI=1S/C41H41N2O.Au/c1-39(2,3)28-16-17-37-34(23-28)35-25-30(41(7,8)9)24-33(38(35)43-37)26-13-12-14-31(20-26)44-32-21-27(36-15-10-11-18-42-36)19-29(22-32)40(4,5)6;/h10-19,22-25H,1-9H3;/q-3;+3. The summed E-state index contributed by atoms with van der Waals surface area (Å²) < 4.78 is 6.50. The third-order valence-corrected chi connectivity index (χ3v) is 8.29. The molecular formula is C41H41AuN2O. The summed E-state index contributed by atoms with van der Waals surface area (Å²) in [6, 6.07) is 34.6. The van der Waals surface area contributed by atoms with Crippen molar-refractivity contribution in [2.75, 3.05) is 0 Å². The van der Waals surface area contributed by atoms with Gasteiger partial charge in [0.15, 0.2) is 0 Å². The van der Waals surface area contributed by atoms with Gasteiger partial charge in [-0.05, 0) is 44.3 Å². The molecule has 2 aromatic heterocycles. The van der Waals surface area contributed by atoms with Crippen LogP contribution in [0.4, 0.5) is 0 Å². The van der Waals surface area contributed by atoms with Gasteiger partial charge in [0, 0.05) is 17.7 Å². The van der Waals surface area contributed by atoms with Gasteiger partial charge in [-0.1, -0.05) is 129 Å².